The highest BCUT2D eigenvalue weighted by atomic mass is 16.5. The van der Waals surface area contributed by atoms with E-state index in [-0.39, 0.29) is 17.9 Å². The molecular weight excluding hydrogens is 346 g/mol. The van der Waals surface area contributed by atoms with Gasteiger partial charge >= 0.3 is 5.97 Å². The number of benzene rings is 1. The first-order valence-corrected chi connectivity index (χ1v) is 9.28. The van der Waals surface area contributed by atoms with Gasteiger partial charge < -0.3 is 20.3 Å². The van der Waals surface area contributed by atoms with Crippen molar-refractivity contribution in [3.05, 3.63) is 36.0 Å². The van der Waals surface area contributed by atoms with Crippen LogP contribution in [0, 0.1) is 5.92 Å². The van der Waals surface area contributed by atoms with Crippen LogP contribution in [0.15, 0.2) is 30.5 Å². The minimum absolute atomic E-state index is 0.205. The van der Waals surface area contributed by atoms with Crippen LogP contribution in [0.2, 0.25) is 0 Å². The lowest BCUT2D eigenvalue weighted by Crippen LogP contribution is -2.51. The molecule has 0 spiro atoms. The maximum absolute atomic E-state index is 12.1. The van der Waals surface area contributed by atoms with Gasteiger partial charge in [-0.25, -0.2) is 0 Å². The molecule has 27 heavy (non-hydrogen) atoms. The number of piperidine rings is 1. The molecule has 0 radical (unpaired) electrons. The van der Waals surface area contributed by atoms with Crippen LogP contribution in [0.25, 0.3) is 10.9 Å². The van der Waals surface area contributed by atoms with Crippen LogP contribution in [0.1, 0.15) is 25.0 Å². The standard InChI is InChI=1S/C20H27N3O4/c1-3-27-20(25)16-11-23(9-7-17(16)21)12-19(24)14-6-8-22-18-5-4-13(26-2)10-15(14)18/h4-6,8,10,16-17,19,24H,3,7,9,11-12,21H2,1-2H3. The summed E-state index contributed by atoms with van der Waals surface area (Å²) in [7, 11) is 1.61. The number of aromatic nitrogens is 1. The third-order valence-corrected chi connectivity index (χ3v) is 5.11. The van der Waals surface area contributed by atoms with Gasteiger partial charge in [0.2, 0.25) is 0 Å². The minimum atomic E-state index is -0.709. The van der Waals surface area contributed by atoms with E-state index in [1.165, 1.54) is 0 Å². The number of aliphatic hydroxyl groups excluding tert-OH is 1. The number of hydrogen-bond donors (Lipinski definition) is 2. The number of hydrogen-bond acceptors (Lipinski definition) is 7. The van der Waals surface area contributed by atoms with Gasteiger partial charge in [0.15, 0.2) is 0 Å². The molecule has 1 aromatic carbocycles. The zero-order chi connectivity index (χ0) is 19.4. The zero-order valence-corrected chi connectivity index (χ0v) is 15.8. The maximum Gasteiger partial charge on any atom is 0.311 e. The van der Waals surface area contributed by atoms with Gasteiger partial charge in [-0.05, 0) is 49.7 Å². The molecule has 0 amide bonds. The first-order chi connectivity index (χ1) is 13.0. The molecule has 3 unspecified atom stereocenters. The molecule has 3 rings (SSSR count). The molecule has 3 N–H and O–H groups in total. The van der Waals surface area contributed by atoms with E-state index >= 15 is 0 Å². The quantitative estimate of drug-likeness (QED) is 0.740. The van der Waals surface area contributed by atoms with Crippen LogP contribution in [0.5, 0.6) is 5.75 Å². The average molecular weight is 373 g/mol. The number of ether oxygens (including phenoxy) is 2. The van der Waals surface area contributed by atoms with Crippen LogP contribution in [0.3, 0.4) is 0 Å². The molecule has 146 valence electrons. The average Bonchev–Trinajstić information content (AvgIpc) is 2.68. The number of likely N-dealkylation sites (tertiary alicyclic amines) is 1. The van der Waals surface area contributed by atoms with Crippen molar-refractivity contribution in [3.8, 4) is 5.75 Å². The van der Waals surface area contributed by atoms with E-state index in [9.17, 15) is 9.90 Å². The fraction of sp³-hybridized carbons (Fsp3) is 0.500. The van der Waals surface area contributed by atoms with Crippen LogP contribution in [-0.2, 0) is 9.53 Å². The number of fused-ring (bicyclic) bond motifs is 1. The second kappa shape index (κ2) is 8.65. The van der Waals surface area contributed by atoms with Crippen molar-refractivity contribution in [2.75, 3.05) is 33.4 Å². The summed E-state index contributed by atoms with van der Waals surface area (Å²) in [5.41, 5.74) is 7.70. The number of β-amino-alcohol motifs (C(OH)–C–C–N with tert-alkyl or cyclic N) is 1. The number of nitrogens with two attached hydrogens (primary N) is 1. The normalized spacial score (nSPS) is 21.8. The van der Waals surface area contributed by atoms with Crippen molar-refractivity contribution in [2.24, 2.45) is 11.7 Å². The van der Waals surface area contributed by atoms with E-state index in [0.717, 1.165) is 28.8 Å². The summed E-state index contributed by atoms with van der Waals surface area (Å²) in [5, 5.41) is 11.7. The highest BCUT2D eigenvalue weighted by Crippen LogP contribution is 2.28. The zero-order valence-electron chi connectivity index (χ0n) is 15.8. The third kappa shape index (κ3) is 4.37. The van der Waals surface area contributed by atoms with Crippen molar-refractivity contribution in [1.29, 1.82) is 0 Å². The first-order valence-electron chi connectivity index (χ1n) is 9.28. The molecule has 1 saturated heterocycles. The molecule has 1 aliphatic heterocycles. The third-order valence-electron chi connectivity index (χ3n) is 5.11. The minimum Gasteiger partial charge on any atom is -0.497 e. The Kier molecular flexibility index (Phi) is 6.26. The van der Waals surface area contributed by atoms with Crippen molar-refractivity contribution < 1.29 is 19.4 Å². The van der Waals surface area contributed by atoms with Crippen LogP contribution in [0.4, 0.5) is 0 Å². The Bertz CT molecular complexity index is 798. The van der Waals surface area contributed by atoms with Gasteiger partial charge in [0.05, 0.1) is 31.3 Å². The van der Waals surface area contributed by atoms with Gasteiger partial charge in [-0.15, -0.1) is 0 Å². The lowest BCUT2D eigenvalue weighted by Gasteiger charge is -2.36. The highest BCUT2D eigenvalue weighted by Gasteiger charge is 2.34. The molecule has 0 saturated carbocycles. The fourth-order valence-corrected chi connectivity index (χ4v) is 3.61. The lowest BCUT2D eigenvalue weighted by molar-refractivity contribution is -0.150. The Morgan fingerprint density at radius 2 is 2.26 bits per heavy atom. The first kappa shape index (κ1) is 19.5. The van der Waals surface area contributed by atoms with Crippen LogP contribution < -0.4 is 10.5 Å². The summed E-state index contributed by atoms with van der Waals surface area (Å²) < 4.78 is 10.4. The fourth-order valence-electron chi connectivity index (χ4n) is 3.61. The summed E-state index contributed by atoms with van der Waals surface area (Å²) >= 11 is 0. The van der Waals surface area contributed by atoms with Crippen molar-refractivity contribution >= 4 is 16.9 Å². The molecule has 0 bridgehead atoms. The monoisotopic (exact) mass is 373 g/mol. The molecule has 2 heterocycles. The lowest BCUT2D eigenvalue weighted by atomic mass is 9.92. The second-order valence-electron chi connectivity index (χ2n) is 6.87. The molecule has 2 aromatic rings. The van der Waals surface area contributed by atoms with Crippen molar-refractivity contribution in [1.82, 2.24) is 9.88 Å². The summed E-state index contributed by atoms with van der Waals surface area (Å²) in [6.45, 7) is 3.77. The van der Waals surface area contributed by atoms with E-state index in [2.05, 4.69) is 9.88 Å². The van der Waals surface area contributed by atoms with Gasteiger partial charge in [0.25, 0.3) is 0 Å². The molecule has 0 aliphatic carbocycles. The predicted octanol–water partition coefficient (Wildman–Crippen LogP) is 1.49. The van der Waals surface area contributed by atoms with Crippen molar-refractivity contribution in [3.63, 3.8) is 0 Å². The second-order valence-corrected chi connectivity index (χ2v) is 6.87. The number of pyridine rings is 1. The summed E-state index contributed by atoms with van der Waals surface area (Å²) in [4.78, 5) is 18.6. The Morgan fingerprint density at radius 1 is 1.44 bits per heavy atom. The molecular formula is C20H27N3O4. The Morgan fingerprint density at radius 3 is 3.00 bits per heavy atom. The number of esters is 1. The van der Waals surface area contributed by atoms with Crippen LogP contribution >= 0.6 is 0 Å². The van der Waals surface area contributed by atoms with Gasteiger partial charge in [-0.3, -0.25) is 14.7 Å². The van der Waals surface area contributed by atoms with E-state index < -0.39 is 6.10 Å². The number of carbonyl (C=O) groups is 1. The molecule has 3 atom stereocenters. The van der Waals surface area contributed by atoms with Crippen molar-refractivity contribution in [2.45, 2.75) is 25.5 Å². The van der Waals surface area contributed by atoms with Gasteiger partial charge in [-0.2, -0.15) is 0 Å². The van der Waals surface area contributed by atoms with E-state index in [4.69, 9.17) is 15.2 Å². The largest absolute Gasteiger partial charge is 0.497 e. The van der Waals surface area contributed by atoms with Crippen LogP contribution in [-0.4, -0.2) is 60.4 Å². The Hall–Kier alpha value is -2.22. The van der Waals surface area contributed by atoms with E-state index in [0.29, 0.717) is 26.1 Å². The molecule has 7 nitrogen and oxygen atoms in total. The summed E-state index contributed by atoms with van der Waals surface area (Å²) in [5.74, 6) is 0.0961. The molecule has 7 heteroatoms. The Labute approximate surface area is 159 Å². The number of nitrogens with zero attached hydrogens (tertiary/aromatic N) is 2. The predicted molar refractivity (Wildman–Crippen MR) is 102 cm³/mol. The number of carbonyl (C=O) groups excluding carboxylic acids is 1. The molecule has 1 aliphatic rings. The number of methoxy groups -OCH3 is 1. The van der Waals surface area contributed by atoms with Gasteiger partial charge in [-0.1, -0.05) is 0 Å². The SMILES string of the molecule is CCOC(=O)C1CN(CC(O)c2ccnc3ccc(OC)cc23)CCC1N. The maximum atomic E-state index is 12.1. The Balaban J connectivity index is 1.76. The molecule has 1 aromatic heterocycles. The smallest absolute Gasteiger partial charge is 0.311 e. The van der Waals surface area contributed by atoms with E-state index in [1.54, 1.807) is 20.2 Å². The number of rotatable bonds is 6. The summed E-state index contributed by atoms with van der Waals surface area (Å²) in [6.07, 6.45) is 1.68. The highest BCUT2D eigenvalue weighted by molar-refractivity contribution is 5.83. The summed E-state index contributed by atoms with van der Waals surface area (Å²) in [6, 6.07) is 7.23. The molecule has 1 fully saturated rings. The number of aliphatic hydroxyl groups is 1. The van der Waals surface area contributed by atoms with Gasteiger partial charge in [0.1, 0.15) is 5.75 Å². The van der Waals surface area contributed by atoms with Gasteiger partial charge in [0, 0.05) is 30.7 Å². The topological polar surface area (TPSA) is 97.9 Å². The van der Waals surface area contributed by atoms with E-state index in [1.807, 2.05) is 24.3 Å².